The van der Waals surface area contributed by atoms with Crippen molar-refractivity contribution in [3.05, 3.63) is 0 Å². The minimum Gasteiger partial charge on any atom is -0.388 e. The second-order valence-corrected chi connectivity index (χ2v) is 3.47. The Hall–Kier alpha value is -0.410. The Morgan fingerprint density at radius 2 is 1.83 bits per heavy atom. The molecular weight excluding hydrogens is 156 g/mol. The van der Waals surface area contributed by atoms with Crippen molar-refractivity contribution in [1.82, 2.24) is 0 Å². The molecule has 0 fully saturated rings. The van der Waals surface area contributed by atoms with Crippen LogP contribution in [-0.4, -0.2) is 29.7 Å². The minimum atomic E-state index is -0.463. The Bertz CT molecular complexity index is 141. The Labute approximate surface area is 73.7 Å². The van der Waals surface area contributed by atoms with E-state index in [0.29, 0.717) is 0 Å². The van der Waals surface area contributed by atoms with E-state index in [9.17, 15) is 4.79 Å². The fourth-order valence-corrected chi connectivity index (χ4v) is 0.988. The highest BCUT2D eigenvalue weighted by molar-refractivity contribution is 5.84. The van der Waals surface area contributed by atoms with Gasteiger partial charge in [-0.3, -0.25) is 4.79 Å². The smallest absolute Gasteiger partial charge is 0.187 e. The Morgan fingerprint density at radius 1 is 1.33 bits per heavy atom. The molecule has 0 bridgehead atoms. The molecule has 0 amide bonds. The standard InChI is InChI=1S/C9H18O3/c1-6(2)9(8(11)5-10)12-7(3)4/h6-7,9-10H,5H2,1-4H3/t9-/m0/s1. The van der Waals surface area contributed by atoms with Gasteiger partial charge in [0.25, 0.3) is 0 Å². The van der Waals surface area contributed by atoms with Gasteiger partial charge in [0, 0.05) is 0 Å². The maximum Gasteiger partial charge on any atom is 0.187 e. The zero-order chi connectivity index (χ0) is 9.72. The number of Topliss-reactive ketones (excluding diaryl/α,β-unsaturated/α-hetero) is 1. The van der Waals surface area contributed by atoms with Crippen molar-refractivity contribution in [3.63, 3.8) is 0 Å². The lowest BCUT2D eigenvalue weighted by molar-refractivity contribution is -0.139. The van der Waals surface area contributed by atoms with E-state index >= 15 is 0 Å². The number of carbonyl (C=O) groups excluding carboxylic acids is 1. The van der Waals surface area contributed by atoms with Crippen LogP contribution in [0.1, 0.15) is 27.7 Å². The first-order valence-electron chi connectivity index (χ1n) is 4.28. The quantitative estimate of drug-likeness (QED) is 0.676. The van der Waals surface area contributed by atoms with Crippen LogP contribution >= 0.6 is 0 Å². The highest BCUT2D eigenvalue weighted by Crippen LogP contribution is 2.10. The first kappa shape index (κ1) is 11.6. The predicted octanol–water partition coefficient (Wildman–Crippen LogP) is 0.997. The molecule has 0 aromatic carbocycles. The van der Waals surface area contributed by atoms with E-state index in [2.05, 4.69) is 0 Å². The van der Waals surface area contributed by atoms with Crippen LogP contribution in [0.4, 0.5) is 0 Å². The molecule has 0 spiro atoms. The van der Waals surface area contributed by atoms with E-state index < -0.39 is 12.7 Å². The zero-order valence-corrected chi connectivity index (χ0v) is 8.20. The molecule has 0 aliphatic heterocycles. The number of hydrogen-bond donors (Lipinski definition) is 1. The SMILES string of the molecule is CC(C)O[C@H](C(=O)CO)C(C)C. The summed E-state index contributed by atoms with van der Waals surface area (Å²) in [6.07, 6.45) is -0.442. The van der Waals surface area contributed by atoms with Crippen LogP contribution in [0.5, 0.6) is 0 Å². The molecular formula is C9H18O3. The number of ketones is 1. The van der Waals surface area contributed by atoms with Gasteiger partial charge in [-0.05, 0) is 19.8 Å². The van der Waals surface area contributed by atoms with Gasteiger partial charge in [0.05, 0.1) is 6.10 Å². The first-order chi connectivity index (χ1) is 5.49. The molecule has 0 aliphatic carbocycles. The molecule has 0 radical (unpaired) electrons. The summed E-state index contributed by atoms with van der Waals surface area (Å²) < 4.78 is 5.35. The number of aliphatic hydroxyl groups excluding tert-OH is 1. The van der Waals surface area contributed by atoms with Crippen LogP contribution in [-0.2, 0) is 9.53 Å². The average Bonchev–Trinajstić information content (AvgIpc) is 1.98. The van der Waals surface area contributed by atoms with Crippen molar-refractivity contribution < 1.29 is 14.6 Å². The van der Waals surface area contributed by atoms with E-state index in [-0.39, 0.29) is 17.8 Å². The van der Waals surface area contributed by atoms with Crippen molar-refractivity contribution >= 4 is 5.78 Å². The van der Waals surface area contributed by atoms with E-state index in [0.717, 1.165) is 0 Å². The average molecular weight is 174 g/mol. The van der Waals surface area contributed by atoms with Crippen LogP contribution in [0.15, 0.2) is 0 Å². The topological polar surface area (TPSA) is 46.5 Å². The van der Waals surface area contributed by atoms with Gasteiger partial charge in [0.1, 0.15) is 12.7 Å². The number of hydrogen-bond acceptors (Lipinski definition) is 3. The summed E-state index contributed by atoms with van der Waals surface area (Å²) in [5, 5.41) is 8.64. The van der Waals surface area contributed by atoms with Gasteiger partial charge in [-0.1, -0.05) is 13.8 Å². The normalized spacial score (nSPS) is 13.9. The van der Waals surface area contributed by atoms with Gasteiger partial charge in [0.15, 0.2) is 5.78 Å². The summed E-state index contributed by atoms with van der Waals surface area (Å²) in [4.78, 5) is 11.1. The van der Waals surface area contributed by atoms with Crippen molar-refractivity contribution in [3.8, 4) is 0 Å². The summed E-state index contributed by atoms with van der Waals surface area (Å²) in [7, 11) is 0. The lowest BCUT2D eigenvalue weighted by Crippen LogP contribution is -2.34. The molecule has 72 valence electrons. The third-order valence-electron chi connectivity index (χ3n) is 1.50. The largest absolute Gasteiger partial charge is 0.388 e. The fourth-order valence-electron chi connectivity index (χ4n) is 0.988. The molecule has 0 aromatic rings. The molecule has 0 aliphatic rings. The van der Waals surface area contributed by atoms with Crippen molar-refractivity contribution in [2.24, 2.45) is 5.92 Å². The molecule has 12 heavy (non-hydrogen) atoms. The van der Waals surface area contributed by atoms with Crippen LogP contribution in [0.25, 0.3) is 0 Å². The predicted molar refractivity (Wildman–Crippen MR) is 46.9 cm³/mol. The molecule has 3 heteroatoms. The van der Waals surface area contributed by atoms with Gasteiger partial charge in [-0.2, -0.15) is 0 Å². The second kappa shape index (κ2) is 5.27. The molecule has 0 rings (SSSR count). The summed E-state index contributed by atoms with van der Waals surface area (Å²) in [6, 6.07) is 0. The molecule has 0 saturated heterocycles. The number of rotatable bonds is 5. The first-order valence-corrected chi connectivity index (χ1v) is 4.28. The van der Waals surface area contributed by atoms with E-state index in [4.69, 9.17) is 9.84 Å². The van der Waals surface area contributed by atoms with E-state index in [1.165, 1.54) is 0 Å². The highest BCUT2D eigenvalue weighted by atomic mass is 16.5. The van der Waals surface area contributed by atoms with E-state index in [1.807, 2.05) is 27.7 Å². The maximum atomic E-state index is 11.1. The molecule has 0 saturated carbocycles. The zero-order valence-electron chi connectivity index (χ0n) is 8.20. The molecule has 1 N–H and O–H groups in total. The lowest BCUT2D eigenvalue weighted by atomic mass is 10.0. The van der Waals surface area contributed by atoms with Crippen molar-refractivity contribution in [2.45, 2.75) is 39.9 Å². The Morgan fingerprint density at radius 3 is 2.08 bits per heavy atom. The van der Waals surface area contributed by atoms with Crippen LogP contribution in [0.3, 0.4) is 0 Å². The second-order valence-electron chi connectivity index (χ2n) is 3.47. The third kappa shape index (κ3) is 3.83. The van der Waals surface area contributed by atoms with E-state index in [1.54, 1.807) is 0 Å². The Kier molecular flexibility index (Phi) is 5.09. The fraction of sp³-hybridized carbons (Fsp3) is 0.889. The Balaban J connectivity index is 4.13. The van der Waals surface area contributed by atoms with Crippen LogP contribution in [0.2, 0.25) is 0 Å². The summed E-state index contributed by atoms with van der Waals surface area (Å²) in [5.74, 6) is -0.120. The maximum absolute atomic E-state index is 11.1. The number of carbonyl (C=O) groups is 1. The molecule has 0 aromatic heterocycles. The molecule has 0 heterocycles. The van der Waals surface area contributed by atoms with Gasteiger partial charge < -0.3 is 9.84 Å². The summed E-state index contributed by atoms with van der Waals surface area (Å²) in [6.45, 7) is 7.12. The molecule has 3 nitrogen and oxygen atoms in total. The van der Waals surface area contributed by atoms with Crippen molar-refractivity contribution in [2.75, 3.05) is 6.61 Å². The van der Waals surface area contributed by atoms with Crippen LogP contribution < -0.4 is 0 Å². The number of aliphatic hydroxyl groups is 1. The monoisotopic (exact) mass is 174 g/mol. The van der Waals surface area contributed by atoms with Gasteiger partial charge in [0.2, 0.25) is 0 Å². The number of ether oxygens (including phenoxy) is 1. The van der Waals surface area contributed by atoms with Gasteiger partial charge in [-0.25, -0.2) is 0 Å². The molecule has 0 unspecified atom stereocenters. The summed E-state index contributed by atoms with van der Waals surface area (Å²) in [5.41, 5.74) is 0. The third-order valence-corrected chi connectivity index (χ3v) is 1.50. The van der Waals surface area contributed by atoms with Crippen LogP contribution in [0, 0.1) is 5.92 Å². The van der Waals surface area contributed by atoms with Gasteiger partial charge >= 0.3 is 0 Å². The summed E-state index contributed by atoms with van der Waals surface area (Å²) >= 11 is 0. The van der Waals surface area contributed by atoms with Gasteiger partial charge in [-0.15, -0.1) is 0 Å². The molecule has 1 atom stereocenters. The highest BCUT2D eigenvalue weighted by Gasteiger charge is 2.22. The van der Waals surface area contributed by atoms with Crippen molar-refractivity contribution in [1.29, 1.82) is 0 Å². The minimum absolute atomic E-state index is 0.0212. The lowest BCUT2D eigenvalue weighted by Gasteiger charge is -2.21.